The van der Waals surface area contributed by atoms with E-state index in [4.69, 9.17) is 0 Å². The molecule has 0 aromatic carbocycles. The van der Waals surface area contributed by atoms with Gasteiger partial charge in [0.1, 0.15) is 0 Å². The summed E-state index contributed by atoms with van der Waals surface area (Å²) in [5.74, 6) is 0. The molecule has 0 aromatic rings. The molecule has 0 atom stereocenters. The molecule has 0 aromatic heterocycles. The zero-order valence-corrected chi connectivity index (χ0v) is 15.1. The van der Waals surface area contributed by atoms with Crippen LogP contribution in [0.15, 0.2) is 48.6 Å². The van der Waals surface area contributed by atoms with Crippen LogP contribution in [0.2, 0.25) is 0 Å². The van der Waals surface area contributed by atoms with Gasteiger partial charge in [0.15, 0.2) is 0 Å². The molecular formula is C16H24BF4Ir-. The predicted octanol–water partition coefficient (Wildman–Crippen LogP) is 6.64. The Balaban J connectivity index is 0. The van der Waals surface area contributed by atoms with Gasteiger partial charge in [-0.1, -0.05) is 48.6 Å². The zero-order valence-electron chi connectivity index (χ0n) is 12.7. The van der Waals surface area contributed by atoms with Crippen LogP contribution in [0.5, 0.6) is 0 Å². The average molecular weight is 495 g/mol. The maximum absolute atomic E-state index is 9.75. The molecule has 0 heterocycles. The van der Waals surface area contributed by atoms with E-state index in [0.717, 1.165) is 0 Å². The second-order valence-electron chi connectivity index (χ2n) is 4.69. The van der Waals surface area contributed by atoms with Crippen LogP contribution in [-0.4, -0.2) is 7.25 Å². The summed E-state index contributed by atoms with van der Waals surface area (Å²) in [7, 11) is -6.00. The van der Waals surface area contributed by atoms with Crippen molar-refractivity contribution in [1.82, 2.24) is 0 Å². The molecule has 6 heteroatoms. The molecule has 0 fully saturated rings. The summed E-state index contributed by atoms with van der Waals surface area (Å²) >= 11 is 0. The Bertz CT molecular complexity index is 261. The molecule has 0 N–H and O–H groups in total. The summed E-state index contributed by atoms with van der Waals surface area (Å²) in [6.45, 7) is 0. The molecule has 0 spiro atoms. The molecule has 0 amide bonds. The number of halogens is 4. The fraction of sp³-hybridized carbons (Fsp3) is 0.500. The second-order valence-corrected chi connectivity index (χ2v) is 4.69. The second kappa shape index (κ2) is 16.8. The minimum atomic E-state index is -6.00. The first kappa shape index (κ1) is 23.7. The third-order valence-corrected chi connectivity index (χ3v) is 2.67. The van der Waals surface area contributed by atoms with E-state index in [1.54, 1.807) is 0 Å². The van der Waals surface area contributed by atoms with Crippen molar-refractivity contribution in [2.75, 3.05) is 0 Å². The predicted molar refractivity (Wildman–Crippen MR) is 83.7 cm³/mol. The zero-order chi connectivity index (χ0) is 15.8. The molecule has 129 valence electrons. The summed E-state index contributed by atoms with van der Waals surface area (Å²) in [5, 5.41) is 0. The van der Waals surface area contributed by atoms with E-state index in [-0.39, 0.29) is 20.1 Å². The summed E-state index contributed by atoms with van der Waals surface area (Å²) in [5.41, 5.74) is 0. The van der Waals surface area contributed by atoms with Gasteiger partial charge in [-0.3, -0.25) is 0 Å². The molecule has 0 saturated carbocycles. The Hall–Kier alpha value is -0.606. The minimum absolute atomic E-state index is 0. The van der Waals surface area contributed by atoms with Gasteiger partial charge in [-0.05, 0) is 51.4 Å². The fourth-order valence-corrected chi connectivity index (χ4v) is 1.71. The summed E-state index contributed by atoms with van der Waals surface area (Å²) in [6.07, 6.45) is 28.0. The Morgan fingerprint density at radius 2 is 0.500 bits per heavy atom. The minimum Gasteiger partial charge on any atom is -0.418 e. The molecule has 0 unspecified atom stereocenters. The van der Waals surface area contributed by atoms with E-state index in [2.05, 4.69) is 48.6 Å². The van der Waals surface area contributed by atoms with Crippen molar-refractivity contribution in [3.8, 4) is 0 Å². The largest absolute Gasteiger partial charge is 0.673 e. The first-order chi connectivity index (χ1) is 10.0. The number of rotatable bonds is 0. The van der Waals surface area contributed by atoms with E-state index in [1.165, 1.54) is 51.4 Å². The van der Waals surface area contributed by atoms with E-state index in [9.17, 15) is 17.3 Å². The van der Waals surface area contributed by atoms with Gasteiger partial charge in [0, 0.05) is 20.1 Å². The normalized spacial score (nSPS) is 23.1. The quantitative estimate of drug-likeness (QED) is 0.201. The Morgan fingerprint density at radius 1 is 0.409 bits per heavy atom. The topological polar surface area (TPSA) is 0 Å². The van der Waals surface area contributed by atoms with Crippen LogP contribution in [-0.2, 0) is 20.1 Å². The van der Waals surface area contributed by atoms with Crippen LogP contribution in [0.3, 0.4) is 0 Å². The maximum Gasteiger partial charge on any atom is 0.673 e. The van der Waals surface area contributed by atoms with Gasteiger partial charge in [-0.2, -0.15) is 0 Å². The molecule has 0 bridgehead atoms. The molecule has 2 aliphatic carbocycles. The van der Waals surface area contributed by atoms with Gasteiger partial charge in [-0.25, -0.2) is 0 Å². The Kier molecular flexibility index (Phi) is 18.0. The van der Waals surface area contributed by atoms with Crippen molar-refractivity contribution in [2.45, 2.75) is 51.4 Å². The SMILES string of the molecule is C1=C\CC/C=C\CC/1.C1=C\CC/C=C\CC/1.F[B-](F)(F)F.[Ir]. The Labute approximate surface area is 144 Å². The van der Waals surface area contributed by atoms with Gasteiger partial charge in [0.2, 0.25) is 0 Å². The molecule has 0 aliphatic heterocycles. The summed E-state index contributed by atoms with van der Waals surface area (Å²) < 4.78 is 39.0. The van der Waals surface area contributed by atoms with Crippen molar-refractivity contribution in [3.63, 3.8) is 0 Å². The molecule has 2 rings (SSSR count). The van der Waals surface area contributed by atoms with Gasteiger partial charge in [0.25, 0.3) is 0 Å². The van der Waals surface area contributed by atoms with Crippen LogP contribution in [0, 0.1) is 0 Å². The first-order valence-corrected chi connectivity index (χ1v) is 7.47. The van der Waals surface area contributed by atoms with E-state index in [1.807, 2.05) is 0 Å². The van der Waals surface area contributed by atoms with Gasteiger partial charge < -0.3 is 17.3 Å². The molecule has 0 saturated heterocycles. The van der Waals surface area contributed by atoms with Crippen molar-refractivity contribution < 1.29 is 37.4 Å². The van der Waals surface area contributed by atoms with E-state index in [0.29, 0.717) is 0 Å². The van der Waals surface area contributed by atoms with E-state index >= 15 is 0 Å². The monoisotopic (exact) mass is 496 g/mol. The van der Waals surface area contributed by atoms with E-state index < -0.39 is 7.25 Å². The number of hydrogen-bond donors (Lipinski definition) is 0. The molecular weight excluding hydrogens is 471 g/mol. The Morgan fingerprint density at radius 3 is 0.591 bits per heavy atom. The van der Waals surface area contributed by atoms with Crippen LogP contribution in [0.25, 0.3) is 0 Å². The van der Waals surface area contributed by atoms with Gasteiger partial charge in [0.05, 0.1) is 0 Å². The van der Waals surface area contributed by atoms with Crippen LogP contribution in [0.1, 0.15) is 51.4 Å². The molecule has 2 aliphatic rings. The summed E-state index contributed by atoms with van der Waals surface area (Å²) in [4.78, 5) is 0. The first-order valence-electron chi connectivity index (χ1n) is 7.47. The fourth-order valence-electron chi connectivity index (χ4n) is 1.71. The van der Waals surface area contributed by atoms with Gasteiger partial charge >= 0.3 is 7.25 Å². The van der Waals surface area contributed by atoms with Crippen molar-refractivity contribution in [3.05, 3.63) is 48.6 Å². The third-order valence-electron chi connectivity index (χ3n) is 2.67. The van der Waals surface area contributed by atoms with Gasteiger partial charge in [-0.15, -0.1) is 0 Å². The van der Waals surface area contributed by atoms with Crippen molar-refractivity contribution in [1.29, 1.82) is 0 Å². The van der Waals surface area contributed by atoms with Crippen LogP contribution >= 0.6 is 0 Å². The van der Waals surface area contributed by atoms with Crippen LogP contribution < -0.4 is 0 Å². The molecule has 0 nitrogen and oxygen atoms in total. The van der Waals surface area contributed by atoms with Crippen molar-refractivity contribution >= 4 is 7.25 Å². The third kappa shape index (κ3) is 27.7. The summed E-state index contributed by atoms with van der Waals surface area (Å²) in [6, 6.07) is 0. The number of hydrogen-bond acceptors (Lipinski definition) is 0. The maximum atomic E-state index is 9.75. The van der Waals surface area contributed by atoms with Crippen LogP contribution in [0.4, 0.5) is 17.3 Å². The smallest absolute Gasteiger partial charge is 0.418 e. The standard InChI is InChI=1S/2C8H12.BF4.Ir/c2*1-2-4-6-8-7-5-3-1;2-1(3,4)5;/h2*1-2,7-8H,3-6H2;;/q;;-1;/b2*2-1-,8-7-;;. The van der Waals surface area contributed by atoms with Crippen molar-refractivity contribution in [2.24, 2.45) is 0 Å². The average Bonchev–Trinajstić information content (AvgIpc) is 2.24. The molecule has 1 radical (unpaired) electrons. The molecule has 22 heavy (non-hydrogen) atoms. The number of allylic oxidation sites excluding steroid dienone is 8.